The first kappa shape index (κ1) is 15.1. The molecule has 1 heterocycles. The van der Waals surface area contributed by atoms with Crippen molar-refractivity contribution < 1.29 is 4.79 Å². The van der Waals surface area contributed by atoms with Crippen molar-refractivity contribution in [3.63, 3.8) is 0 Å². The number of nitrogens with zero attached hydrogens (tertiary/aromatic N) is 1. The first-order valence-electron chi connectivity index (χ1n) is 9.54. The lowest BCUT2D eigenvalue weighted by atomic mass is 9.61. The van der Waals surface area contributed by atoms with E-state index in [1.165, 1.54) is 24.8 Å². The van der Waals surface area contributed by atoms with Gasteiger partial charge in [-0.2, -0.15) is 0 Å². The molecule has 0 radical (unpaired) electrons. The molecule has 2 fully saturated rings. The highest BCUT2D eigenvalue weighted by molar-refractivity contribution is 6.03. The summed E-state index contributed by atoms with van der Waals surface area (Å²) >= 11 is 0. The van der Waals surface area contributed by atoms with E-state index in [4.69, 9.17) is 0 Å². The van der Waals surface area contributed by atoms with Gasteiger partial charge in [0.05, 0.1) is 0 Å². The minimum atomic E-state index is 0.259. The van der Waals surface area contributed by atoms with Gasteiger partial charge in [-0.25, -0.2) is 0 Å². The fourth-order valence-corrected chi connectivity index (χ4v) is 5.64. The molecule has 0 N–H and O–H groups in total. The number of fused-ring (bicyclic) bond motifs is 5. The molecule has 3 aliphatic rings. The van der Waals surface area contributed by atoms with Gasteiger partial charge in [0.25, 0.3) is 0 Å². The Morgan fingerprint density at radius 3 is 2.72 bits per heavy atom. The van der Waals surface area contributed by atoms with Gasteiger partial charge in [-0.05, 0) is 84.3 Å². The minimum Gasteiger partial charge on any atom is -0.294 e. The summed E-state index contributed by atoms with van der Waals surface area (Å²) in [7, 11) is 0. The molecule has 126 valence electrons. The summed E-state index contributed by atoms with van der Waals surface area (Å²) in [4.78, 5) is 17.2. The van der Waals surface area contributed by atoms with Crippen molar-refractivity contribution in [2.45, 2.75) is 38.0 Å². The lowest BCUT2D eigenvalue weighted by Gasteiger charge is -2.43. The maximum atomic E-state index is 13.0. The van der Waals surface area contributed by atoms with E-state index in [2.05, 4.69) is 35.3 Å². The van der Waals surface area contributed by atoms with Crippen LogP contribution >= 0.6 is 0 Å². The van der Waals surface area contributed by atoms with Crippen LogP contribution < -0.4 is 0 Å². The third kappa shape index (κ3) is 2.47. The van der Waals surface area contributed by atoms with E-state index in [0.29, 0.717) is 23.5 Å². The molecular formula is C23H23NO. The highest BCUT2D eigenvalue weighted by atomic mass is 16.1. The van der Waals surface area contributed by atoms with E-state index in [1.807, 2.05) is 18.3 Å². The molecule has 2 nitrogen and oxygen atoms in total. The van der Waals surface area contributed by atoms with Gasteiger partial charge >= 0.3 is 0 Å². The summed E-state index contributed by atoms with van der Waals surface area (Å²) in [6, 6.07) is 12.9. The average molecular weight is 329 g/mol. The summed E-state index contributed by atoms with van der Waals surface area (Å²) in [5.41, 5.74) is 5.18. The molecule has 0 saturated heterocycles. The first-order chi connectivity index (χ1) is 12.3. The Hall–Kier alpha value is -2.22. The van der Waals surface area contributed by atoms with Crippen LogP contribution in [-0.2, 0) is 11.2 Å². The van der Waals surface area contributed by atoms with Gasteiger partial charge in [0.1, 0.15) is 0 Å². The molecule has 1 aromatic carbocycles. The number of rotatable bonds is 1. The molecule has 4 atom stereocenters. The van der Waals surface area contributed by atoms with Crippen LogP contribution in [0.25, 0.3) is 6.08 Å². The normalized spacial score (nSPS) is 32.2. The Morgan fingerprint density at radius 1 is 0.960 bits per heavy atom. The zero-order valence-corrected chi connectivity index (χ0v) is 14.4. The molecule has 0 aliphatic heterocycles. The maximum absolute atomic E-state index is 13.0. The Bertz CT molecular complexity index is 838. The molecule has 4 unspecified atom stereocenters. The quantitative estimate of drug-likeness (QED) is 0.703. The van der Waals surface area contributed by atoms with E-state index in [9.17, 15) is 4.79 Å². The molecule has 1 aromatic heterocycles. The fourth-order valence-electron chi connectivity index (χ4n) is 5.64. The summed E-state index contributed by atoms with van der Waals surface area (Å²) in [6.07, 6.45) is 11.3. The number of ketones is 1. The van der Waals surface area contributed by atoms with Crippen LogP contribution in [0.2, 0.25) is 0 Å². The largest absolute Gasteiger partial charge is 0.294 e. The topological polar surface area (TPSA) is 30.0 Å². The number of benzene rings is 1. The van der Waals surface area contributed by atoms with E-state index < -0.39 is 0 Å². The first-order valence-corrected chi connectivity index (χ1v) is 9.54. The number of aromatic nitrogens is 1. The number of carbonyl (C=O) groups is 1. The molecule has 3 aliphatic carbocycles. The number of allylic oxidation sites excluding steroid dienone is 1. The van der Waals surface area contributed by atoms with Crippen LogP contribution in [0.15, 0.2) is 54.4 Å². The smallest absolute Gasteiger partial charge is 0.162 e. The summed E-state index contributed by atoms with van der Waals surface area (Å²) < 4.78 is 0. The minimum absolute atomic E-state index is 0.259. The number of Topliss-reactive ketones (excluding diaryl/α,β-unsaturated/α-hetero) is 1. The zero-order chi connectivity index (χ0) is 16.8. The molecule has 25 heavy (non-hydrogen) atoms. The summed E-state index contributed by atoms with van der Waals surface area (Å²) in [5, 5.41) is 0. The van der Waals surface area contributed by atoms with Gasteiger partial charge in [-0.3, -0.25) is 9.78 Å². The van der Waals surface area contributed by atoms with Crippen LogP contribution in [0, 0.1) is 17.8 Å². The van der Waals surface area contributed by atoms with Crippen LogP contribution in [0.5, 0.6) is 0 Å². The second kappa shape index (κ2) is 5.94. The van der Waals surface area contributed by atoms with Gasteiger partial charge in [0.2, 0.25) is 0 Å². The monoisotopic (exact) mass is 329 g/mol. The Kier molecular flexibility index (Phi) is 3.58. The molecule has 5 rings (SSSR count). The van der Waals surface area contributed by atoms with Crippen molar-refractivity contribution >= 4 is 11.9 Å². The van der Waals surface area contributed by atoms with Gasteiger partial charge in [0, 0.05) is 18.3 Å². The molecular weight excluding hydrogens is 306 g/mol. The number of hydrogen-bond acceptors (Lipinski definition) is 2. The van der Waals surface area contributed by atoms with Crippen molar-refractivity contribution in [1.29, 1.82) is 0 Å². The van der Waals surface area contributed by atoms with Crippen LogP contribution in [0.4, 0.5) is 0 Å². The van der Waals surface area contributed by atoms with Crippen LogP contribution in [0.1, 0.15) is 48.3 Å². The maximum Gasteiger partial charge on any atom is 0.162 e. The Balaban J connectivity index is 1.46. The SMILES string of the molecule is O=C1C(=Cc2cccnc2)CC2C1CCC1c3ccccc3CCC12. The molecule has 0 bridgehead atoms. The average Bonchev–Trinajstić information content (AvgIpc) is 2.98. The zero-order valence-electron chi connectivity index (χ0n) is 14.4. The van der Waals surface area contributed by atoms with Crippen molar-refractivity contribution in [2.75, 3.05) is 0 Å². The van der Waals surface area contributed by atoms with Crippen molar-refractivity contribution in [2.24, 2.45) is 17.8 Å². The van der Waals surface area contributed by atoms with E-state index >= 15 is 0 Å². The Labute approximate surface area is 149 Å². The standard InChI is InChI=1S/C23H23NO/c25-23-17(12-15-4-3-11-24-14-15)13-22-20-8-7-16-5-1-2-6-18(16)19(20)9-10-21(22)23/h1-6,11-12,14,19-22H,7-10,13H2. The van der Waals surface area contributed by atoms with E-state index in [-0.39, 0.29) is 5.92 Å². The van der Waals surface area contributed by atoms with Gasteiger partial charge < -0.3 is 0 Å². The second-order valence-corrected chi connectivity index (χ2v) is 7.88. The van der Waals surface area contributed by atoms with Gasteiger partial charge in [0.15, 0.2) is 5.78 Å². The lowest BCUT2D eigenvalue weighted by molar-refractivity contribution is -0.120. The summed E-state index contributed by atoms with van der Waals surface area (Å²) in [5.74, 6) is 2.55. The predicted octanol–water partition coefficient (Wildman–Crippen LogP) is 4.81. The van der Waals surface area contributed by atoms with Crippen LogP contribution in [-0.4, -0.2) is 10.8 Å². The molecule has 2 aromatic rings. The van der Waals surface area contributed by atoms with Crippen molar-refractivity contribution in [1.82, 2.24) is 4.98 Å². The van der Waals surface area contributed by atoms with E-state index in [1.54, 1.807) is 11.8 Å². The fraction of sp³-hybridized carbons (Fsp3) is 0.391. The highest BCUT2D eigenvalue weighted by Crippen LogP contribution is 2.55. The number of aryl methyl sites for hydroxylation is 1. The predicted molar refractivity (Wildman–Crippen MR) is 99.0 cm³/mol. The molecule has 0 amide bonds. The third-order valence-electron chi connectivity index (χ3n) is 6.71. The number of hydrogen-bond donors (Lipinski definition) is 0. The van der Waals surface area contributed by atoms with Crippen molar-refractivity contribution in [3.8, 4) is 0 Å². The Morgan fingerprint density at radius 2 is 1.84 bits per heavy atom. The molecule has 2 saturated carbocycles. The number of carbonyl (C=O) groups excluding carboxylic acids is 1. The second-order valence-electron chi connectivity index (χ2n) is 7.88. The van der Waals surface area contributed by atoms with Gasteiger partial charge in [-0.1, -0.05) is 30.3 Å². The third-order valence-corrected chi connectivity index (χ3v) is 6.71. The van der Waals surface area contributed by atoms with Gasteiger partial charge in [-0.15, -0.1) is 0 Å². The number of pyridine rings is 1. The van der Waals surface area contributed by atoms with Crippen molar-refractivity contribution in [3.05, 3.63) is 71.1 Å². The molecule has 2 heteroatoms. The molecule has 0 spiro atoms. The van der Waals surface area contributed by atoms with Crippen LogP contribution in [0.3, 0.4) is 0 Å². The summed E-state index contributed by atoms with van der Waals surface area (Å²) in [6.45, 7) is 0. The van der Waals surface area contributed by atoms with E-state index in [0.717, 1.165) is 24.0 Å². The lowest BCUT2D eigenvalue weighted by Crippen LogP contribution is -2.35. The highest BCUT2D eigenvalue weighted by Gasteiger charge is 2.49.